The SMILES string of the molecule is O=C([O-])c1cccc2c(Br)cccc12.O=C([O-])c1cccc2c(Br)cccc12.[Cd+2]. The average Bonchev–Trinajstić information content (AvgIpc) is 2.68. The minimum atomic E-state index is -1.14. The number of benzene rings is 4. The molecule has 0 saturated carbocycles. The quantitative estimate of drug-likeness (QED) is 0.322. The van der Waals surface area contributed by atoms with Gasteiger partial charge in [0, 0.05) is 20.1 Å². The van der Waals surface area contributed by atoms with E-state index in [2.05, 4.69) is 31.9 Å². The minimum absolute atomic E-state index is 0. The molecule has 0 bridgehead atoms. The van der Waals surface area contributed by atoms with Crippen LogP contribution in [0.1, 0.15) is 20.7 Å². The van der Waals surface area contributed by atoms with Crippen LogP contribution in [0.15, 0.2) is 81.7 Å². The first-order valence-electron chi connectivity index (χ1n) is 8.17. The minimum Gasteiger partial charge on any atom is -0.545 e. The summed E-state index contributed by atoms with van der Waals surface area (Å²) in [6.07, 6.45) is 0. The molecule has 0 aromatic heterocycles. The number of halogens is 2. The van der Waals surface area contributed by atoms with Crippen molar-refractivity contribution in [3.8, 4) is 0 Å². The number of hydrogen-bond donors (Lipinski definition) is 0. The molecule has 7 heteroatoms. The van der Waals surface area contributed by atoms with Crippen LogP contribution in [-0.4, -0.2) is 11.9 Å². The van der Waals surface area contributed by atoms with Gasteiger partial charge < -0.3 is 19.8 Å². The molecule has 0 atom stereocenters. The molecule has 4 rings (SSSR count). The van der Waals surface area contributed by atoms with E-state index in [9.17, 15) is 19.8 Å². The Morgan fingerprint density at radius 3 is 1.21 bits per heavy atom. The van der Waals surface area contributed by atoms with Gasteiger partial charge in [-0.05, 0) is 33.7 Å². The number of carboxylic acids is 2. The topological polar surface area (TPSA) is 80.3 Å². The summed E-state index contributed by atoms with van der Waals surface area (Å²) in [5.74, 6) is -2.29. The van der Waals surface area contributed by atoms with E-state index in [1.54, 1.807) is 48.5 Å². The van der Waals surface area contributed by atoms with Crippen molar-refractivity contribution in [3.63, 3.8) is 0 Å². The molecule has 0 unspecified atom stereocenters. The Kier molecular flexibility index (Phi) is 8.36. The molecule has 140 valence electrons. The van der Waals surface area contributed by atoms with E-state index < -0.39 is 11.9 Å². The molecule has 0 aliphatic carbocycles. The van der Waals surface area contributed by atoms with E-state index in [0.29, 0.717) is 10.8 Å². The summed E-state index contributed by atoms with van der Waals surface area (Å²) in [5.41, 5.74) is 0.451. The van der Waals surface area contributed by atoms with Gasteiger partial charge in [-0.2, -0.15) is 0 Å². The van der Waals surface area contributed by atoms with Crippen molar-refractivity contribution in [1.29, 1.82) is 0 Å². The summed E-state index contributed by atoms with van der Waals surface area (Å²) >= 11 is 6.73. The zero-order valence-electron chi connectivity index (χ0n) is 15.0. The molecule has 29 heavy (non-hydrogen) atoms. The molecule has 0 fully saturated rings. The van der Waals surface area contributed by atoms with E-state index in [0.717, 1.165) is 19.7 Å². The molecule has 0 radical (unpaired) electrons. The van der Waals surface area contributed by atoms with E-state index in [1.165, 1.54) is 0 Å². The largest absolute Gasteiger partial charge is 2.00 e. The second-order valence-corrected chi connectivity index (χ2v) is 7.56. The van der Waals surface area contributed by atoms with E-state index in [4.69, 9.17) is 0 Å². The normalized spacial score (nSPS) is 10.0. The van der Waals surface area contributed by atoms with Crippen LogP contribution in [0.3, 0.4) is 0 Å². The number of carbonyl (C=O) groups excluding carboxylic acids is 2. The molecule has 0 spiro atoms. The first-order valence-corrected chi connectivity index (χ1v) is 9.76. The van der Waals surface area contributed by atoms with Crippen molar-refractivity contribution >= 4 is 65.3 Å². The fraction of sp³-hybridized carbons (Fsp3) is 0. The fourth-order valence-corrected chi connectivity index (χ4v) is 3.90. The summed E-state index contributed by atoms with van der Waals surface area (Å²) in [6.45, 7) is 0. The second-order valence-electron chi connectivity index (χ2n) is 5.86. The third-order valence-electron chi connectivity index (χ3n) is 4.18. The van der Waals surface area contributed by atoms with Crippen molar-refractivity contribution < 1.29 is 47.1 Å². The van der Waals surface area contributed by atoms with Crippen LogP contribution in [0.2, 0.25) is 0 Å². The van der Waals surface area contributed by atoms with Crippen LogP contribution in [0.5, 0.6) is 0 Å². The fourth-order valence-electron chi connectivity index (χ4n) is 2.90. The predicted octanol–water partition coefficient (Wildman–Crippen LogP) is 3.93. The summed E-state index contributed by atoms with van der Waals surface area (Å²) in [5, 5.41) is 24.8. The third-order valence-corrected chi connectivity index (χ3v) is 5.56. The number of aromatic carboxylic acids is 2. The van der Waals surface area contributed by atoms with Gasteiger partial charge in [-0.15, -0.1) is 0 Å². The molecule has 0 amide bonds. The first kappa shape index (κ1) is 23.5. The molecule has 0 aliphatic rings. The third kappa shape index (κ3) is 5.23. The molecular formula is C22H12Br2CdO4. The summed E-state index contributed by atoms with van der Waals surface area (Å²) in [6, 6.07) is 21.1. The van der Waals surface area contributed by atoms with E-state index in [1.807, 2.05) is 24.3 Å². The Morgan fingerprint density at radius 2 is 0.862 bits per heavy atom. The summed E-state index contributed by atoms with van der Waals surface area (Å²) in [7, 11) is 0. The van der Waals surface area contributed by atoms with Crippen molar-refractivity contribution in [2.75, 3.05) is 0 Å². The van der Waals surface area contributed by atoms with Gasteiger partial charge in [0.25, 0.3) is 0 Å². The molecule has 4 nitrogen and oxygen atoms in total. The van der Waals surface area contributed by atoms with Crippen LogP contribution < -0.4 is 10.2 Å². The van der Waals surface area contributed by atoms with Crippen molar-refractivity contribution in [1.82, 2.24) is 0 Å². The number of carbonyl (C=O) groups is 2. The van der Waals surface area contributed by atoms with Crippen LogP contribution in [-0.2, 0) is 27.3 Å². The molecule has 4 aromatic carbocycles. The Morgan fingerprint density at radius 1 is 0.552 bits per heavy atom. The first-order chi connectivity index (χ1) is 13.4. The molecular weight excluding hydrogens is 600 g/mol. The zero-order chi connectivity index (χ0) is 20.3. The Hall–Kier alpha value is -1.78. The summed E-state index contributed by atoms with van der Waals surface area (Å²) in [4.78, 5) is 21.6. The molecule has 0 aliphatic heterocycles. The number of carboxylic acid groups (broad SMARTS) is 2. The Labute approximate surface area is 204 Å². The van der Waals surface area contributed by atoms with E-state index >= 15 is 0 Å². The van der Waals surface area contributed by atoms with Gasteiger partial charge in [0.2, 0.25) is 0 Å². The standard InChI is InChI=1S/2C11H7BrO2.Cd/c2*12-10-6-2-3-7-8(10)4-1-5-9(7)11(13)14;/h2*1-6H,(H,13,14);/q;;+2/p-2. The monoisotopic (exact) mass is 612 g/mol. The summed E-state index contributed by atoms with van der Waals surface area (Å²) < 4.78 is 1.77. The van der Waals surface area contributed by atoms with Crippen LogP contribution in [0.4, 0.5) is 0 Å². The van der Waals surface area contributed by atoms with Gasteiger partial charge >= 0.3 is 27.3 Å². The van der Waals surface area contributed by atoms with Crippen molar-refractivity contribution in [3.05, 3.63) is 92.9 Å². The van der Waals surface area contributed by atoms with Gasteiger partial charge in [0.15, 0.2) is 0 Å². The van der Waals surface area contributed by atoms with Crippen LogP contribution in [0.25, 0.3) is 21.5 Å². The Balaban J connectivity index is 0.000000200. The maximum absolute atomic E-state index is 10.8. The van der Waals surface area contributed by atoms with Crippen molar-refractivity contribution in [2.24, 2.45) is 0 Å². The zero-order valence-corrected chi connectivity index (χ0v) is 22.2. The van der Waals surface area contributed by atoms with E-state index in [-0.39, 0.29) is 38.4 Å². The molecule has 0 heterocycles. The van der Waals surface area contributed by atoms with Gasteiger partial charge in [-0.3, -0.25) is 0 Å². The second kappa shape index (κ2) is 10.3. The molecule has 0 N–H and O–H groups in total. The van der Waals surface area contributed by atoms with Crippen LogP contribution in [0, 0.1) is 0 Å². The molecule has 0 saturated heterocycles. The van der Waals surface area contributed by atoms with Crippen molar-refractivity contribution in [2.45, 2.75) is 0 Å². The van der Waals surface area contributed by atoms with Gasteiger partial charge in [0.1, 0.15) is 0 Å². The number of fused-ring (bicyclic) bond motifs is 2. The number of hydrogen-bond acceptors (Lipinski definition) is 4. The molecule has 4 aromatic rings. The number of rotatable bonds is 2. The smallest absolute Gasteiger partial charge is 0.545 e. The van der Waals surface area contributed by atoms with Gasteiger partial charge in [-0.25, -0.2) is 0 Å². The van der Waals surface area contributed by atoms with Gasteiger partial charge in [0.05, 0.1) is 11.9 Å². The predicted molar refractivity (Wildman–Crippen MR) is 112 cm³/mol. The van der Waals surface area contributed by atoms with Gasteiger partial charge in [-0.1, -0.05) is 92.5 Å². The maximum Gasteiger partial charge on any atom is 2.00 e. The van der Waals surface area contributed by atoms with Crippen LogP contribution >= 0.6 is 31.9 Å². The average molecular weight is 613 g/mol. The Bertz CT molecular complexity index is 1110. The maximum atomic E-state index is 10.8.